The van der Waals surface area contributed by atoms with Crippen molar-refractivity contribution in [3.63, 3.8) is 0 Å². The minimum atomic E-state index is 0.435. The molecule has 0 amide bonds. The predicted molar refractivity (Wildman–Crippen MR) is 77.4 cm³/mol. The molecular weight excluding hydrogens is 250 g/mol. The summed E-state index contributed by atoms with van der Waals surface area (Å²) in [6, 6.07) is 10.1. The van der Waals surface area contributed by atoms with E-state index in [4.69, 9.17) is 10.00 Å². The Labute approximate surface area is 119 Å². The van der Waals surface area contributed by atoms with Crippen LogP contribution in [0, 0.1) is 25.2 Å². The Balaban J connectivity index is 2.39. The molecule has 1 aromatic carbocycles. The highest BCUT2D eigenvalue weighted by atomic mass is 16.5. The first-order chi connectivity index (χ1) is 9.63. The topological polar surface area (TPSA) is 58.8 Å². The Hall–Kier alpha value is -2.41. The fraction of sp³-hybridized carbons (Fsp3) is 0.312. The largest absolute Gasteiger partial charge is 0.496 e. The van der Waals surface area contributed by atoms with E-state index in [2.05, 4.69) is 22.1 Å². The molecule has 0 bridgehead atoms. The second-order valence-electron chi connectivity index (χ2n) is 4.65. The molecule has 0 saturated heterocycles. The summed E-state index contributed by atoms with van der Waals surface area (Å²) in [5.41, 5.74) is 3.90. The van der Waals surface area contributed by atoms with E-state index < -0.39 is 0 Å². The molecule has 0 aliphatic rings. The molecule has 0 saturated carbocycles. The summed E-state index contributed by atoms with van der Waals surface area (Å²) in [4.78, 5) is 8.90. The zero-order valence-corrected chi connectivity index (χ0v) is 12.0. The number of rotatable bonds is 4. The maximum absolute atomic E-state index is 8.66. The van der Waals surface area contributed by atoms with Gasteiger partial charge in [-0.3, -0.25) is 0 Å². The van der Waals surface area contributed by atoms with Crippen molar-refractivity contribution in [2.75, 3.05) is 7.11 Å². The molecule has 0 unspecified atom stereocenters. The number of hydrogen-bond donors (Lipinski definition) is 0. The molecular formula is C16H17N3O. The average molecular weight is 267 g/mol. The summed E-state index contributed by atoms with van der Waals surface area (Å²) in [6.45, 7) is 3.95. The standard InChI is InChI=1S/C16H17N3O/c1-11-9-13(6-7-15(11)20-3)14-10-12(2)18-16(19-14)5-4-8-17/h6-7,9-10H,4-5H2,1-3H3. The van der Waals surface area contributed by atoms with E-state index in [1.165, 1.54) is 0 Å². The highest BCUT2D eigenvalue weighted by Crippen LogP contribution is 2.25. The Kier molecular flexibility index (Phi) is 4.31. The van der Waals surface area contributed by atoms with Crippen LogP contribution in [-0.2, 0) is 6.42 Å². The lowest BCUT2D eigenvalue weighted by molar-refractivity contribution is 0.412. The molecule has 4 heteroatoms. The Morgan fingerprint density at radius 1 is 1.20 bits per heavy atom. The zero-order chi connectivity index (χ0) is 14.5. The van der Waals surface area contributed by atoms with Crippen molar-refractivity contribution in [2.45, 2.75) is 26.7 Å². The van der Waals surface area contributed by atoms with Crippen LogP contribution >= 0.6 is 0 Å². The maximum Gasteiger partial charge on any atom is 0.130 e. The van der Waals surface area contributed by atoms with Crippen LogP contribution in [0.25, 0.3) is 11.3 Å². The van der Waals surface area contributed by atoms with Crippen LogP contribution in [0.3, 0.4) is 0 Å². The number of benzene rings is 1. The molecule has 0 spiro atoms. The van der Waals surface area contributed by atoms with Crippen LogP contribution < -0.4 is 4.74 Å². The first-order valence-electron chi connectivity index (χ1n) is 6.50. The van der Waals surface area contributed by atoms with Gasteiger partial charge in [-0.25, -0.2) is 9.97 Å². The third-order valence-electron chi connectivity index (χ3n) is 3.05. The van der Waals surface area contributed by atoms with Gasteiger partial charge >= 0.3 is 0 Å². The van der Waals surface area contributed by atoms with Gasteiger partial charge in [-0.15, -0.1) is 0 Å². The summed E-state index contributed by atoms with van der Waals surface area (Å²) in [5.74, 6) is 1.58. The Morgan fingerprint density at radius 2 is 2.00 bits per heavy atom. The SMILES string of the molecule is COc1ccc(-c2cc(C)nc(CCC#N)n2)cc1C. The van der Waals surface area contributed by atoms with E-state index >= 15 is 0 Å². The van der Waals surface area contributed by atoms with Gasteiger partial charge in [0.25, 0.3) is 0 Å². The van der Waals surface area contributed by atoms with Gasteiger partial charge in [-0.1, -0.05) is 0 Å². The van der Waals surface area contributed by atoms with E-state index in [1.807, 2.05) is 32.0 Å². The number of nitriles is 1. The lowest BCUT2D eigenvalue weighted by atomic mass is 10.1. The van der Waals surface area contributed by atoms with E-state index in [0.717, 1.165) is 34.1 Å². The van der Waals surface area contributed by atoms with Crippen molar-refractivity contribution in [1.82, 2.24) is 9.97 Å². The first kappa shape index (κ1) is 14.0. The summed E-state index contributed by atoms with van der Waals surface area (Å²) < 4.78 is 5.27. The van der Waals surface area contributed by atoms with Gasteiger partial charge in [-0.2, -0.15) is 5.26 Å². The molecule has 20 heavy (non-hydrogen) atoms. The minimum absolute atomic E-state index is 0.435. The van der Waals surface area contributed by atoms with Crippen LogP contribution in [-0.4, -0.2) is 17.1 Å². The minimum Gasteiger partial charge on any atom is -0.496 e. The van der Waals surface area contributed by atoms with Gasteiger partial charge in [-0.05, 0) is 43.7 Å². The van der Waals surface area contributed by atoms with E-state index in [9.17, 15) is 0 Å². The van der Waals surface area contributed by atoms with E-state index in [-0.39, 0.29) is 0 Å². The van der Waals surface area contributed by atoms with Gasteiger partial charge in [0.2, 0.25) is 0 Å². The maximum atomic E-state index is 8.66. The van der Waals surface area contributed by atoms with Crippen LogP contribution in [0.2, 0.25) is 0 Å². The number of aryl methyl sites for hydroxylation is 3. The van der Waals surface area contributed by atoms with Crippen LogP contribution in [0.5, 0.6) is 5.75 Å². The Bertz CT molecular complexity index is 659. The summed E-state index contributed by atoms with van der Waals surface area (Å²) in [5, 5.41) is 8.66. The second kappa shape index (κ2) is 6.16. The lowest BCUT2D eigenvalue weighted by Crippen LogP contribution is -1.99. The Morgan fingerprint density at radius 3 is 2.65 bits per heavy atom. The summed E-state index contributed by atoms with van der Waals surface area (Å²) in [7, 11) is 1.66. The average Bonchev–Trinajstić information content (AvgIpc) is 2.44. The molecule has 0 radical (unpaired) electrons. The van der Waals surface area contributed by atoms with Crippen molar-refractivity contribution >= 4 is 0 Å². The fourth-order valence-corrected chi connectivity index (χ4v) is 2.10. The molecule has 0 atom stereocenters. The van der Waals surface area contributed by atoms with Crippen molar-refractivity contribution in [3.8, 4) is 23.1 Å². The molecule has 2 rings (SSSR count). The van der Waals surface area contributed by atoms with Crippen molar-refractivity contribution in [1.29, 1.82) is 5.26 Å². The zero-order valence-electron chi connectivity index (χ0n) is 12.0. The van der Waals surface area contributed by atoms with Gasteiger partial charge in [0, 0.05) is 24.1 Å². The van der Waals surface area contributed by atoms with Crippen molar-refractivity contribution in [2.24, 2.45) is 0 Å². The monoisotopic (exact) mass is 267 g/mol. The van der Waals surface area contributed by atoms with Crippen LogP contribution in [0.4, 0.5) is 0 Å². The first-order valence-corrected chi connectivity index (χ1v) is 6.50. The summed E-state index contributed by atoms with van der Waals surface area (Å²) >= 11 is 0. The van der Waals surface area contributed by atoms with Crippen LogP contribution in [0.1, 0.15) is 23.5 Å². The van der Waals surface area contributed by atoms with Gasteiger partial charge in [0.15, 0.2) is 0 Å². The number of nitrogens with zero attached hydrogens (tertiary/aromatic N) is 3. The third-order valence-corrected chi connectivity index (χ3v) is 3.05. The lowest BCUT2D eigenvalue weighted by Gasteiger charge is -2.09. The molecule has 0 aliphatic carbocycles. The molecule has 4 nitrogen and oxygen atoms in total. The molecule has 0 aliphatic heterocycles. The van der Waals surface area contributed by atoms with E-state index in [0.29, 0.717) is 12.8 Å². The van der Waals surface area contributed by atoms with Gasteiger partial charge in [0.1, 0.15) is 11.6 Å². The molecule has 0 fully saturated rings. The smallest absolute Gasteiger partial charge is 0.130 e. The summed E-state index contributed by atoms with van der Waals surface area (Å²) in [6.07, 6.45) is 1.02. The van der Waals surface area contributed by atoms with E-state index in [1.54, 1.807) is 7.11 Å². The molecule has 1 aromatic heterocycles. The quantitative estimate of drug-likeness (QED) is 0.853. The number of methoxy groups -OCH3 is 1. The highest BCUT2D eigenvalue weighted by Gasteiger charge is 2.07. The third kappa shape index (κ3) is 3.12. The van der Waals surface area contributed by atoms with Gasteiger partial charge in [0.05, 0.1) is 18.9 Å². The number of ether oxygens (including phenoxy) is 1. The highest BCUT2D eigenvalue weighted by molar-refractivity contribution is 5.62. The molecule has 102 valence electrons. The predicted octanol–water partition coefficient (Wildman–Crippen LogP) is 3.23. The number of aromatic nitrogens is 2. The normalized spacial score (nSPS) is 10.1. The van der Waals surface area contributed by atoms with Crippen molar-refractivity contribution in [3.05, 3.63) is 41.3 Å². The molecule has 1 heterocycles. The van der Waals surface area contributed by atoms with Gasteiger partial charge < -0.3 is 4.74 Å². The number of hydrogen-bond acceptors (Lipinski definition) is 4. The molecule has 0 N–H and O–H groups in total. The molecule has 2 aromatic rings. The fourth-order valence-electron chi connectivity index (χ4n) is 2.10. The van der Waals surface area contributed by atoms with Crippen LogP contribution in [0.15, 0.2) is 24.3 Å². The second-order valence-corrected chi connectivity index (χ2v) is 4.65. The van der Waals surface area contributed by atoms with Crippen molar-refractivity contribution < 1.29 is 4.74 Å².